The Bertz CT molecular complexity index is 664. The molecule has 7 heteroatoms. The number of aromatic nitrogens is 3. The van der Waals surface area contributed by atoms with Crippen LogP contribution in [0.2, 0.25) is 5.15 Å². The molecule has 0 N–H and O–H groups in total. The Labute approximate surface area is 114 Å². The highest BCUT2D eigenvalue weighted by Gasteiger charge is 2.25. The van der Waals surface area contributed by atoms with E-state index in [9.17, 15) is 9.59 Å². The molecule has 0 aromatic carbocycles. The van der Waals surface area contributed by atoms with Crippen LogP contribution in [0.3, 0.4) is 0 Å². The summed E-state index contributed by atoms with van der Waals surface area (Å²) >= 11 is 5.85. The van der Waals surface area contributed by atoms with Gasteiger partial charge in [0.1, 0.15) is 10.8 Å². The first-order valence-electron chi connectivity index (χ1n) is 5.62. The first-order chi connectivity index (χ1) is 8.95. The van der Waals surface area contributed by atoms with Gasteiger partial charge in [0.15, 0.2) is 0 Å². The number of methoxy groups -OCH3 is 1. The fourth-order valence-corrected chi connectivity index (χ4v) is 1.91. The van der Waals surface area contributed by atoms with Crippen molar-refractivity contribution in [1.82, 2.24) is 14.8 Å². The van der Waals surface area contributed by atoms with E-state index >= 15 is 0 Å². The van der Waals surface area contributed by atoms with Gasteiger partial charge in [0.25, 0.3) is 5.78 Å². The van der Waals surface area contributed by atoms with Crippen molar-refractivity contribution in [3.8, 4) is 0 Å². The molecule has 19 heavy (non-hydrogen) atoms. The maximum Gasteiger partial charge on any atom is 0.381 e. The molecule has 2 rings (SSSR count). The normalized spacial score (nSPS) is 11.0. The van der Waals surface area contributed by atoms with E-state index in [0.717, 1.165) is 7.11 Å². The van der Waals surface area contributed by atoms with Gasteiger partial charge in [-0.05, 0) is 13.8 Å². The van der Waals surface area contributed by atoms with Gasteiger partial charge in [-0.15, -0.1) is 0 Å². The summed E-state index contributed by atoms with van der Waals surface area (Å²) < 4.78 is 6.05. The lowest BCUT2D eigenvalue weighted by molar-refractivity contribution is -0.135. The quantitative estimate of drug-likeness (QED) is 0.372. The lowest BCUT2D eigenvalue weighted by Crippen LogP contribution is -2.17. The van der Waals surface area contributed by atoms with Crippen molar-refractivity contribution in [3.63, 3.8) is 0 Å². The first kappa shape index (κ1) is 13.5. The van der Waals surface area contributed by atoms with Crippen molar-refractivity contribution in [1.29, 1.82) is 0 Å². The number of Topliss-reactive ketones (excluding diaryl/α,β-unsaturated/α-hetero) is 1. The zero-order valence-electron chi connectivity index (χ0n) is 10.7. The van der Waals surface area contributed by atoms with Gasteiger partial charge in [-0.1, -0.05) is 11.6 Å². The van der Waals surface area contributed by atoms with Gasteiger partial charge < -0.3 is 4.74 Å². The molecule has 0 aliphatic heterocycles. The average molecular weight is 282 g/mol. The predicted octanol–water partition coefficient (Wildman–Crippen LogP) is 2.02. The van der Waals surface area contributed by atoms with Gasteiger partial charge in [-0.25, -0.2) is 9.78 Å². The molecule has 0 bridgehead atoms. The second kappa shape index (κ2) is 4.97. The molecule has 0 saturated heterocycles. The topological polar surface area (TPSA) is 74.1 Å². The molecule has 0 amide bonds. The maximum absolute atomic E-state index is 11.9. The Morgan fingerprint density at radius 1 is 1.42 bits per heavy atom. The number of esters is 1. The van der Waals surface area contributed by atoms with E-state index in [2.05, 4.69) is 14.8 Å². The van der Waals surface area contributed by atoms with E-state index in [4.69, 9.17) is 11.6 Å². The van der Waals surface area contributed by atoms with Crippen LogP contribution < -0.4 is 0 Å². The van der Waals surface area contributed by atoms with Crippen LogP contribution in [0.15, 0.2) is 12.3 Å². The number of carbonyl (C=O) groups is 2. The fraction of sp³-hybridized carbons (Fsp3) is 0.333. The highest BCUT2D eigenvalue weighted by molar-refractivity contribution is 6.42. The van der Waals surface area contributed by atoms with E-state index in [-0.39, 0.29) is 11.7 Å². The number of rotatable bonds is 3. The highest BCUT2D eigenvalue weighted by atomic mass is 35.5. The lowest BCUT2D eigenvalue weighted by Gasteiger charge is -2.06. The van der Waals surface area contributed by atoms with Crippen LogP contribution in [0, 0.1) is 0 Å². The predicted molar refractivity (Wildman–Crippen MR) is 69.3 cm³/mol. The number of hydrogen-bond acceptors (Lipinski definition) is 5. The number of hydrogen-bond donors (Lipinski definition) is 0. The first-order valence-corrected chi connectivity index (χ1v) is 6.00. The summed E-state index contributed by atoms with van der Waals surface area (Å²) in [4.78, 5) is 27.1. The van der Waals surface area contributed by atoms with Gasteiger partial charge in [0.05, 0.1) is 18.0 Å². The van der Waals surface area contributed by atoms with Crippen molar-refractivity contribution in [3.05, 3.63) is 23.1 Å². The molecular formula is C12H12ClN3O3. The minimum absolute atomic E-state index is 0.0140. The lowest BCUT2D eigenvalue weighted by atomic mass is 10.2. The van der Waals surface area contributed by atoms with Crippen molar-refractivity contribution in [2.24, 2.45) is 0 Å². The number of ether oxygens (including phenoxy) is 1. The number of carbonyl (C=O) groups excluding carboxylic acids is 2. The number of fused-ring (bicyclic) bond motifs is 1. The third kappa shape index (κ3) is 2.31. The molecule has 2 aromatic rings. The summed E-state index contributed by atoms with van der Waals surface area (Å²) in [5.74, 6) is -1.75. The van der Waals surface area contributed by atoms with Crippen LogP contribution in [0.5, 0.6) is 0 Å². The van der Waals surface area contributed by atoms with E-state index < -0.39 is 11.8 Å². The Morgan fingerprint density at radius 3 is 2.68 bits per heavy atom. The Balaban J connectivity index is 2.69. The van der Waals surface area contributed by atoms with Crippen molar-refractivity contribution >= 4 is 34.3 Å². The smallest absolute Gasteiger partial charge is 0.381 e. The second-order valence-electron chi connectivity index (χ2n) is 4.23. The van der Waals surface area contributed by atoms with E-state index in [1.807, 2.05) is 13.8 Å². The molecule has 0 spiro atoms. The van der Waals surface area contributed by atoms with Crippen molar-refractivity contribution < 1.29 is 14.3 Å². The SMILES string of the molecule is COC(=O)C(=O)c1nn(C(C)C)c2cc(Cl)ncc12. The van der Waals surface area contributed by atoms with E-state index in [1.165, 1.54) is 6.20 Å². The number of ketones is 1. The number of halogens is 1. The van der Waals surface area contributed by atoms with Crippen LogP contribution in [0.25, 0.3) is 10.9 Å². The van der Waals surface area contributed by atoms with Gasteiger partial charge >= 0.3 is 5.97 Å². The van der Waals surface area contributed by atoms with Crippen LogP contribution in [-0.4, -0.2) is 33.6 Å². The molecule has 2 heterocycles. The highest BCUT2D eigenvalue weighted by Crippen LogP contribution is 2.24. The van der Waals surface area contributed by atoms with Gasteiger partial charge in [0, 0.05) is 18.3 Å². The summed E-state index contributed by atoms with van der Waals surface area (Å²) in [6, 6.07) is 1.62. The number of pyridine rings is 1. The van der Waals surface area contributed by atoms with Crippen molar-refractivity contribution in [2.75, 3.05) is 7.11 Å². The van der Waals surface area contributed by atoms with E-state index in [1.54, 1.807) is 10.7 Å². The number of nitrogens with zero attached hydrogens (tertiary/aromatic N) is 3. The molecule has 0 aliphatic carbocycles. The summed E-state index contributed by atoms with van der Waals surface area (Å²) in [7, 11) is 1.15. The molecule has 0 aliphatic rings. The molecule has 0 atom stereocenters. The van der Waals surface area contributed by atoms with Crippen LogP contribution in [-0.2, 0) is 9.53 Å². The van der Waals surface area contributed by atoms with Crippen LogP contribution >= 0.6 is 11.6 Å². The molecule has 0 fully saturated rings. The molecule has 0 unspecified atom stereocenters. The zero-order valence-corrected chi connectivity index (χ0v) is 11.4. The molecule has 0 saturated carbocycles. The van der Waals surface area contributed by atoms with Crippen LogP contribution in [0.1, 0.15) is 30.4 Å². The summed E-state index contributed by atoms with van der Waals surface area (Å²) in [6.07, 6.45) is 1.43. The fourth-order valence-electron chi connectivity index (χ4n) is 1.76. The average Bonchev–Trinajstić information content (AvgIpc) is 2.75. The molecule has 0 radical (unpaired) electrons. The maximum atomic E-state index is 11.9. The summed E-state index contributed by atoms with van der Waals surface area (Å²) in [5.41, 5.74) is 0.682. The largest absolute Gasteiger partial charge is 0.463 e. The Morgan fingerprint density at radius 2 is 2.11 bits per heavy atom. The molecule has 2 aromatic heterocycles. The monoisotopic (exact) mass is 281 g/mol. The van der Waals surface area contributed by atoms with Crippen LogP contribution in [0.4, 0.5) is 0 Å². The third-order valence-electron chi connectivity index (χ3n) is 2.63. The summed E-state index contributed by atoms with van der Waals surface area (Å²) in [5, 5.41) is 4.94. The molecule has 100 valence electrons. The minimum Gasteiger partial charge on any atom is -0.463 e. The van der Waals surface area contributed by atoms with Crippen molar-refractivity contribution in [2.45, 2.75) is 19.9 Å². The Hall–Kier alpha value is -1.95. The second-order valence-corrected chi connectivity index (χ2v) is 4.62. The van der Waals surface area contributed by atoms with Gasteiger partial charge in [-0.3, -0.25) is 9.48 Å². The standard InChI is InChI=1S/C12H12ClN3O3/c1-6(2)16-8-4-9(13)14-5-7(8)10(15-16)11(17)12(18)19-3/h4-6H,1-3H3. The summed E-state index contributed by atoms with van der Waals surface area (Å²) in [6.45, 7) is 3.82. The van der Waals surface area contributed by atoms with Gasteiger partial charge in [0.2, 0.25) is 0 Å². The zero-order chi connectivity index (χ0) is 14.2. The Kier molecular flexibility index (Phi) is 3.53. The molecule has 6 nitrogen and oxygen atoms in total. The van der Waals surface area contributed by atoms with E-state index in [0.29, 0.717) is 16.1 Å². The minimum atomic E-state index is -0.953. The molecular weight excluding hydrogens is 270 g/mol. The third-order valence-corrected chi connectivity index (χ3v) is 2.84. The van der Waals surface area contributed by atoms with Gasteiger partial charge in [-0.2, -0.15) is 5.10 Å².